The Balaban J connectivity index is 1.62. The van der Waals surface area contributed by atoms with Crippen LogP contribution in [0.15, 0.2) is 36.7 Å². The largest absolute Gasteiger partial charge is 0.216 e. The molecular formula is C23H35F. The second-order valence-corrected chi connectivity index (χ2v) is 7.66. The molecule has 0 aliphatic heterocycles. The van der Waals surface area contributed by atoms with E-state index in [-0.39, 0.29) is 0 Å². The van der Waals surface area contributed by atoms with Gasteiger partial charge in [0.2, 0.25) is 0 Å². The normalized spacial score (nSPS) is 21.4. The van der Waals surface area contributed by atoms with Gasteiger partial charge in [0.1, 0.15) is 0 Å². The van der Waals surface area contributed by atoms with E-state index in [1.165, 1.54) is 81.8 Å². The molecule has 1 aliphatic carbocycles. The van der Waals surface area contributed by atoms with E-state index in [4.69, 9.17) is 0 Å². The summed E-state index contributed by atoms with van der Waals surface area (Å²) in [6.07, 6.45) is 18.4. The van der Waals surface area contributed by atoms with Crippen molar-refractivity contribution in [1.29, 1.82) is 0 Å². The van der Waals surface area contributed by atoms with Crippen molar-refractivity contribution in [1.82, 2.24) is 0 Å². The Morgan fingerprint density at radius 2 is 1.50 bits per heavy atom. The minimum absolute atomic E-state index is 0.633. The number of aryl methyl sites for hydroxylation is 1. The Bertz CT molecular complexity index is 451. The maximum absolute atomic E-state index is 12.0. The first-order valence-corrected chi connectivity index (χ1v) is 10.1. The van der Waals surface area contributed by atoms with Crippen LogP contribution in [0.25, 0.3) is 0 Å². The zero-order chi connectivity index (χ0) is 17.0. The fraction of sp³-hybridized carbons (Fsp3) is 0.652. The van der Waals surface area contributed by atoms with Crippen LogP contribution in [-0.4, -0.2) is 0 Å². The van der Waals surface area contributed by atoms with Crippen LogP contribution < -0.4 is 0 Å². The van der Waals surface area contributed by atoms with E-state index in [9.17, 15) is 4.39 Å². The minimum atomic E-state index is 0.633. The van der Waals surface area contributed by atoms with Crippen molar-refractivity contribution in [2.45, 2.75) is 84.0 Å². The molecule has 0 nitrogen and oxygen atoms in total. The van der Waals surface area contributed by atoms with Gasteiger partial charge in [-0.05, 0) is 42.2 Å². The van der Waals surface area contributed by atoms with Crippen molar-refractivity contribution in [2.75, 3.05) is 0 Å². The molecule has 1 fully saturated rings. The predicted molar refractivity (Wildman–Crippen MR) is 103 cm³/mol. The topological polar surface area (TPSA) is 0 Å². The maximum atomic E-state index is 12.0. The molecule has 1 saturated carbocycles. The number of hydrogen-bond donors (Lipinski definition) is 0. The number of rotatable bonds is 10. The van der Waals surface area contributed by atoms with Crippen LogP contribution in [0.3, 0.4) is 0 Å². The molecular weight excluding hydrogens is 295 g/mol. The standard InChI is InChI=1S/C23H35F/c1-2-3-4-5-7-20-9-13-22(14-10-20)17-18-23-15-11-21(12-16-23)8-6-19-24/h6,11-12,15-16,19-20,22H,2-5,7-10,13-14,17-18H2,1H3/t20-,22-. The number of halogens is 1. The molecule has 0 saturated heterocycles. The summed E-state index contributed by atoms with van der Waals surface area (Å²) >= 11 is 0. The van der Waals surface area contributed by atoms with Crippen LogP contribution in [0.5, 0.6) is 0 Å². The van der Waals surface area contributed by atoms with Gasteiger partial charge in [-0.25, -0.2) is 4.39 Å². The second-order valence-electron chi connectivity index (χ2n) is 7.66. The monoisotopic (exact) mass is 330 g/mol. The third kappa shape index (κ3) is 7.20. The molecule has 2 rings (SSSR count). The van der Waals surface area contributed by atoms with Gasteiger partial charge in [0, 0.05) is 0 Å². The minimum Gasteiger partial charge on any atom is -0.216 e. The highest BCUT2D eigenvalue weighted by Gasteiger charge is 2.20. The molecule has 1 aliphatic rings. The summed E-state index contributed by atoms with van der Waals surface area (Å²) in [6.45, 7) is 2.29. The zero-order valence-electron chi connectivity index (χ0n) is 15.5. The van der Waals surface area contributed by atoms with Crippen molar-refractivity contribution in [3.63, 3.8) is 0 Å². The van der Waals surface area contributed by atoms with Gasteiger partial charge >= 0.3 is 0 Å². The summed E-state index contributed by atoms with van der Waals surface area (Å²) in [5.74, 6) is 1.95. The van der Waals surface area contributed by atoms with E-state index in [2.05, 4.69) is 31.2 Å². The highest BCUT2D eigenvalue weighted by molar-refractivity contribution is 5.24. The molecule has 24 heavy (non-hydrogen) atoms. The van der Waals surface area contributed by atoms with E-state index < -0.39 is 0 Å². The molecule has 0 radical (unpaired) electrons. The van der Waals surface area contributed by atoms with Gasteiger partial charge in [-0.15, -0.1) is 0 Å². The highest BCUT2D eigenvalue weighted by Crippen LogP contribution is 2.34. The van der Waals surface area contributed by atoms with Crippen LogP contribution >= 0.6 is 0 Å². The van der Waals surface area contributed by atoms with E-state index in [1.54, 1.807) is 6.08 Å². The second kappa shape index (κ2) is 11.4. The molecule has 0 N–H and O–H groups in total. The van der Waals surface area contributed by atoms with Gasteiger partial charge in [-0.1, -0.05) is 95.1 Å². The quantitative estimate of drug-likeness (QED) is 0.391. The summed E-state index contributed by atoms with van der Waals surface area (Å²) in [6, 6.07) is 8.73. The summed E-state index contributed by atoms with van der Waals surface area (Å²) in [5, 5.41) is 0. The molecule has 0 atom stereocenters. The summed E-state index contributed by atoms with van der Waals surface area (Å²) < 4.78 is 12.0. The van der Waals surface area contributed by atoms with Crippen LogP contribution in [0.4, 0.5) is 4.39 Å². The molecule has 0 unspecified atom stereocenters. The molecule has 0 heterocycles. The van der Waals surface area contributed by atoms with Crippen molar-refractivity contribution >= 4 is 0 Å². The van der Waals surface area contributed by atoms with Crippen LogP contribution in [0.1, 0.15) is 82.3 Å². The summed E-state index contributed by atoms with van der Waals surface area (Å²) in [5.41, 5.74) is 2.63. The first-order valence-electron chi connectivity index (χ1n) is 10.1. The lowest BCUT2D eigenvalue weighted by Gasteiger charge is -2.28. The number of unbranched alkanes of at least 4 members (excludes halogenated alkanes) is 3. The number of allylic oxidation sites excluding steroid dienone is 1. The van der Waals surface area contributed by atoms with Gasteiger partial charge in [0.25, 0.3) is 0 Å². The highest BCUT2D eigenvalue weighted by atomic mass is 19.1. The molecule has 1 heteroatoms. The summed E-state index contributed by atoms with van der Waals surface area (Å²) in [7, 11) is 0. The number of benzene rings is 1. The molecule has 1 aromatic carbocycles. The van der Waals surface area contributed by atoms with Crippen LogP contribution in [0.2, 0.25) is 0 Å². The Labute approximate surface area is 148 Å². The third-order valence-corrected chi connectivity index (χ3v) is 5.74. The van der Waals surface area contributed by atoms with Crippen molar-refractivity contribution < 1.29 is 4.39 Å². The van der Waals surface area contributed by atoms with E-state index in [0.29, 0.717) is 12.8 Å². The number of hydrogen-bond acceptors (Lipinski definition) is 0. The molecule has 0 bridgehead atoms. The van der Waals surface area contributed by atoms with Gasteiger partial charge in [0.15, 0.2) is 0 Å². The predicted octanol–water partition coefficient (Wildman–Crippen LogP) is 7.42. The lowest BCUT2D eigenvalue weighted by Crippen LogP contribution is -2.15. The molecule has 1 aromatic rings. The Kier molecular flexibility index (Phi) is 9.16. The Morgan fingerprint density at radius 1 is 0.875 bits per heavy atom. The molecule has 134 valence electrons. The molecule has 0 amide bonds. The van der Waals surface area contributed by atoms with Crippen molar-refractivity contribution in [3.8, 4) is 0 Å². The Morgan fingerprint density at radius 3 is 2.12 bits per heavy atom. The van der Waals surface area contributed by atoms with Gasteiger partial charge in [-0.3, -0.25) is 0 Å². The summed E-state index contributed by atoms with van der Waals surface area (Å²) in [4.78, 5) is 0. The first kappa shape index (κ1) is 19.2. The maximum Gasteiger partial charge on any atom is 0.0830 e. The fourth-order valence-electron chi connectivity index (χ4n) is 4.06. The lowest BCUT2D eigenvalue weighted by molar-refractivity contribution is 0.249. The lowest BCUT2D eigenvalue weighted by atomic mass is 9.77. The van der Waals surface area contributed by atoms with Crippen LogP contribution in [-0.2, 0) is 12.8 Å². The molecule has 0 aromatic heterocycles. The first-order chi connectivity index (χ1) is 11.8. The van der Waals surface area contributed by atoms with Crippen molar-refractivity contribution in [3.05, 3.63) is 47.8 Å². The Hall–Kier alpha value is -1.11. The van der Waals surface area contributed by atoms with Crippen LogP contribution in [0, 0.1) is 11.8 Å². The fourth-order valence-corrected chi connectivity index (χ4v) is 4.06. The zero-order valence-corrected chi connectivity index (χ0v) is 15.5. The smallest absolute Gasteiger partial charge is 0.0830 e. The van der Waals surface area contributed by atoms with Crippen molar-refractivity contribution in [2.24, 2.45) is 11.8 Å². The van der Waals surface area contributed by atoms with Gasteiger partial charge in [-0.2, -0.15) is 0 Å². The van der Waals surface area contributed by atoms with Gasteiger partial charge in [0.05, 0.1) is 6.33 Å². The molecule has 0 spiro atoms. The average molecular weight is 331 g/mol. The van der Waals surface area contributed by atoms with E-state index >= 15 is 0 Å². The van der Waals surface area contributed by atoms with Gasteiger partial charge < -0.3 is 0 Å². The van der Waals surface area contributed by atoms with E-state index in [0.717, 1.165) is 11.8 Å². The van der Waals surface area contributed by atoms with E-state index in [1.807, 2.05) is 0 Å². The third-order valence-electron chi connectivity index (χ3n) is 5.74. The average Bonchev–Trinajstić information content (AvgIpc) is 2.64. The SMILES string of the molecule is CCCCCC[C@H]1CC[C@H](CCc2ccc(CC=CF)cc2)CC1.